The minimum absolute atomic E-state index is 0.0474. The number of thioether (sulfide) groups is 1. The van der Waals surface area contributed by atoms with Crippen molar-refractivity contribution in [3.8, 4) is 0 Å². The first-order valence-corrected chi connectivity index (χ1v) is 12.4. The van der Waals surface area contributed by atoms with E-state index >= 15 is 0 Å². The van der Waals surface area contributed by atoms with Crippen LogP contribution in [-0.4, -0.2) is 27.3 Å². The van der Waals surface area contributed by atoms with Crippen LogP contribution in [0.3, 0.4) is 0 Å². The fourth-order valence-electron chi connectivity index (χ4n) is 4.52. The van der Waals surface area contributed by atoms with Crippen molar-refractivity contribution in [1.29, 1.82) is 0 Å². The molecule has 2 aromatic heterocycles. The summed E-state index contributed by atoms with van der Waals surface area (Å²) in [6.07, 6.45) is 9.12. The summed E-state index contributed by atoms with van der Waals surface area (Å²) in [6, 6.07) is 0.287. The van der Waals surface area contributed by atoms with Gasteiger partial charge in [0, 0.05) is 17.5 Å². The molecule has 152 valence electrons. The fourth-order valence-corrected chi connectivity index (χ4v) is 6.69. The molecule has 0 aromatic carbocycles. The first-order valence-electron chi connectivity index (χ1n) is 10.6. The van der Waals surface area contributed by atoms with Gasteiger partial charge in [-0.05, 0) is 56.9 Å². The summed E-state index contributed by atoms with van der Waals surface area (Å²) in [7, 11) is 0. The quantitative estimate of drug-likeness (QED) is 0.584. The van der Waals surface area contributed by atoms with Gasteiger partial charge in [-0.25, -0.2) is 4.98 Å². The van der Waals surface area contributed by atoms with Crippen molar-refractivity contribution in [2.45, 2.75) is 83.0 Å². The molecule has 0 aliphatic heterocycles. The molecule has 2 aliphatic rings. The van der Waals surface area contributed by atoms with Crippen LogP contribution in [0.2, 0.25) is 0 Å². The first-order chi connectivity index (χ1) is 13.6. The Morgan fingerprint density at radius 3 is 2.82 bits per heavy atom. The van der Waals surface area contributed by atoms with Crippen LogP contribution in [0.15, 0.2) is 9.95 Å². The van der Waals surface area contributed by atoms with Gasteiger partial charge in [0.05, 0.1) is 11.1 Å². The number of nitrogens with zero attached hydrogens (tertiary/aromatic N) is 2. The number of aromatic nitrogens is 2. The largest absolute Gasteiger partial charge is 0.352 e. The number of amides is 1. The third-order valence-electron chi connectivity index (χ3n) is 6.15. The SMILES string of the molecule is CCn1c(SCC(=O)N[C@@H]2CCCC[C@@H]2C)nc2sc3c(c2c1=O)CCCC3. The van der Waals surface area contributed by atoms with E-state index in [0.29, 0.717) is 23.4 Å². The molecule has 2 aliphatic carbocycles. The molecular formula is C21H29N3O2S2. The summed E-state index contributed by atoms with van der Waals surface area (Å²) in [5.74, 6) is 0.904. The lowest BCUT2D eigenvalue weighted by atomic mass is 9.86. The van der Waals surface area contributed by atoms with Crippen molar-refractivity contribution in [1.82, 2.24) is 14.9 Å². The van der Waals surface area contributed by atoms with E-state index in [4.69, 9.17) is 4.98 Å². The molecular weight excluding hydrogens is 390 g/mol. The van der Waals surface area contributed by atoms with E-state index in [9.17, 15) is 9.59 Å². The van der Waals surface area contributed by atoms with E-state index in [1.54, 1.807) is 15.9 Å². The number of hydrogen-bond acceptors (Lipinski definition) is 5. The number of fused-ring (bicyclic) bond motifs is 3. The molecule has 2 heterocycles. The summed E-state index contributed by atoms with van der Waals surface area (Å²) >= 11 is 3.06. The van der Waals surface area contributed by atoms with Gasteiger partial charge >= 0.3 is 0 Å². The maximum absolute atomic E-state index is 13.1. The Labute approximate surface area is 174 Å². The second-order valence-electron chi connectivity index (χ2n) is 8.06. The van der Waals surface area contributed by atoms with Gasteiger partial charge in [0.15, 0.2) is 5.16 Å². The predicted molar refractivity (Wildman–Crippen MR) is 116 cm³/mol. The molecule has 2 atom stereocenters. The van der Waals surface area contributed by atoms with Crippen molar-refractivity contribution in [2.24, 2.45) is 5.92 Å². The average Bonchev–Trinajstić information content (AvgIpc) is 3.07. The van der Waals surface area contributed by atoms with E-state index in [0.717, 1.165) is 35.9 Å². The normalized spacial score (nSPS) is 22.2. The molecule has 28 heavy (non-hydrogen) atoms. The van der Waals surface area contributed by atoms with Gasteiger partial charge in [0.25, 0.3) is 5.56 Å². The number of hydrogen-bond donors (Lipinski definition) is 1. The van der Waals surface area contributed by atoms with Crippen LogP contribution in [0.1, 0.15) is 62.8 Å². The molecule has 0 bridgehead atoms. The van der Waals surface area contributed by atoms with E-state index in [1.165, 1.54) is 47.9 Å². The Balaban J connectivity index is 1.53. The maximum Gasteiger partial charge on any atom is 0.263 e. The lowest BCUT2D eigenvalue weighted by Gasteiger charge is -2.29. The van der Waals surface area contributed by atoms with E-state index in [1.807, 2.05) is 6.92 Å². The second-order valence-corrected chi connectivity index (χ2v) is 10.1. The molecule has 1 fully saturated rings. The standard InChI is InChI=1S/C21H29N3O2S2/c1-3-24-20(26)18-14-9-5-7-11-16(14)28-19(18)23-21(24)27-12-17(25)22-15-10-6-4-8-13(15)2/h13,15H,3-12H2,1-2H3,(H,22,25)/t13-,15+/m0/s1. The molecule has 1 N–H and O–H groups in total. The highest BCUT2D eigenvalue weighted by Crippen LogP contribution is 2.34. The Kier molecular flexibility index (Phi) is 6.11. The molecule has 1 saturated carbocycles. The van der Waals surface area contributed by atoms with Gasteiger partial charge in [0.1, 0.15) is 4.83 Å². The summed E-state index contributed by atoms with van der Waals surface area (Å²) < 4.78 is 1.74. The Bertz CT molecular complexity index is 934. The molecule has 2 aromatic rings. The van der Waals surface area contributed by atoms with Crippen molar-refractivity contribution in [3.05, 3.63) is 20.8 Å². The zero-order valence-corrected chi connectivity index (χ0v) is 18.4. The molecule has 5 nitrogen and oxygen atoms in total. The van der Waals surface area contributed by atoms with Crippen LogP contribution in [0, 0.1) is 5.92 Å². The van der Waals surface area contributed by atoms with E-state index in [2.05, 4.69) is 12.2 Å². The van der Waals surface area contributed by atoms with Crippen LogP contribution < -0.4 is 10.9 Å². The third-order valence-corrected chi connectivity index (χ3v) is 8.31. The monoisotopic (exact) mass is 419 g/mol. The zero-order valence-electron chi connectivity index (χ0n) is 16.8. The summed E-state index contributed by atoms with van der Waals surface area (Å²) in [6.45, 7) is 4.78. The summed E-state index contributed by atoms with van der Waals surface area (Å²) in [5, 5.41) is 4.69. The van der Waals surface area contributed by atoms with Crippen molar-refractivity contribution in [3.63, 3.8) is 0 Å². The smallest absolute Gasteiger partial charge is 0.263 e. The van der Waals surface area contributed by atoms with E-state index < -0.39 is 0 Å². The van der Waals surface area contributed by atoms with Gasteiger partial charge in [-0.15, -0.1) is 11.3 Å². The maximum atomic E-state index is 13.1. The Morgan fingerprint density at radius 2 is 2.04 bits per heavy atom. The Morgan fingerprint density at radius 1 is 1.25 bits per heavy atom. The molecule has 0 saturated heterocycles. The van der Waals surface area contributed by atoms with Crippen molar-refractivity contribution in [2.75, 3.05) is 5.75 Å². The van der Waals surface area contributed by atoms with Gasteiger partial charge in [-0.1, -0.05) is 31.5 Å². The van der Waals surface area contributed by atoms with Gasteiger partial charge in [-0.2, -0.15) is 0 Å². The first kappa shape index (κ1) is 20.0. The highest BCUT2D eigenvalue weighted by molar-refractivity contribution is 7.99. The Hall–Kier alpha value is -1.34. The topological polar surface area (TPSA) is 64.0 Å². The molecule has 4 rings (SSSR count). The van der Waals surface area contributed by atoms with Gasteiger partial charge < -0.3 is 5.32 Å². The van der Waals surface area contributed by atoms with Crippen LogP contribution in [0.5, 0.6) is 0 Å². The number of rotatable bonds is 5. The van der Waals surface area contributed by atoms with Crippen LogP contribution in [-0.2, 0) is 24.2 Å². The lowest BCUT2D eigenvalue weighted by Crippen LogP contribution is -2.41. The highest BCUT2D eigenvalue weighted by Gasteiger charge is 2.24. The lowest BCUT2D eigenvalue weighted by molar-refractivity contribution is -0.119. The summed E-state index contributed by atoms with van der Waals surface area (Å²) in [4.78, 5) is 32.6. The van der Waals surface area contributed by atoms with Crippen molar-refractivity contribution >= 4 is 39.2 Å². The molecule has 0 spiro atoms. The van der Waals surface area contributed by atoms with Crippen LogP contribution in [0.25, 0.3) is 10.2 Å². The number of carbonyl (C=O) groups is 1. The summed E-state index contributed by atoms with van der Waals surface area (Å²) in [5.41, 5.74) is 1.29. The van der Waals surface area contributed by atoms with Gasteiger partial charge in [-0.3, -0.25) is 14.2 Å². The van der Waals surface area contributed by atoms with Gasteiger partial charge in [0.2, 0.25) is 5.91 Å². The molecule has 0 radical (unpaired) electrons. The van der Waals surface area contributed by atoms with Crippen molar-refractivity contribution < 1.29 is 4.79 Å². The number of thiophene rings is 1. The highest BCUT2D eigenvalue weighted by atomic mass is 32.2. The zero-order chi connectivity index (χ0) is 19.7. The predicted octanol–water partition coefficient (Wildman–Crippen LogP) is 4.14. The van der Waals surface area contributed by atoms with Crippen LogP contribution in [0.4, 0.5) is 0 Å². The third kappa shape index (κ3) is 3.88. The minimum atomic E-state index is 0.0474. The minimum Gasteiger partial charge on any atom is -0.352 e. The fraction of sp³-hybridized carbons (Fsp3) is 0.667. The van der Waals surface area contributed by atoms with Crippen LogP contribution >= 0.6 is 23.1 Å². The number of carbonyl (C=O) groups excluding carboxylic acids is 1. The second kappa shape index (κ2) is 8.57. The van der Waals surface area contributed by atoms with E-state index in [-0.39, 0.29) is 17.5 Å². The molecule has 7 heteroatoms. The molecule has 1 amide bonds. The number of nitrogens with one attached hydrogen (secondary N) is 1. The molecule has 0 unspecified atom stereocenters. The number of aryl methyl sites for hydroxylation is 2. The average molecular weight is 420 g/mol.